The molecule has 0 aliphatic heterocycles. The summed E-state index contributed by atoms with van der Waals surface area (Å²) >= 11 is 5.83. The Morgan fingerprint density at radius 2 is 1.75 bits per heavy atom. The topological polar surface area (TPSA) is 63.5 Å². The molecule has 1 aromatic carbocycles. The molecule has 0 radical (unpaired) electrons. The van der Waals surface area contributed by atoms with Crippen molar-refractivity contribution >= 4 is 17.6 Å². The highest BCUT2D eigenvalue weighted by molar-refractivity contribution is 6.30. The second-order valence-corrected chi connectivity index (χ2v) is 5.81. The van der Waals surface area contributed by atoms with E-state index in [0.29, 0.717) is 5.96 Å². The average molecular weight is 348 g/mol. The molecule has 1 heterocycles. The monoisotopic (exact) mass is 347 g/mol. The van der Waals surface area contributed by atoms with Crippen LogP contribution in [0.5, 0.6) is 5.75 Å². The van der Waals surface area contributed by atoms with Gasteiger partial charge in [-0.05, 0) is 43.5 Å². The Kier molecular flexibility index (Phi) is 7.90. The third kappa shape index (κ3) is 7.33. The zero-order valence-corrected chi connectivity index (χ0v) is 14.5. The van der Waals surface area contributed by atoms with Crippen molar-refractivity contribution in [3.8, 4) is 5.75 Å². The summed E-state index contributed by atoms with van der Waals surface area (Å²) in [6.45, 7) is 1.45. The molecule has 0 aliphatic rings. The maximum atomic E-state index is 5.83. The Hall–Kier alpha value is -2.27. The average Bonchev–Trinajstić information content (AvgIpc) is 2.60. The van der Waals surface area contributed by atoms with Crippen LogP contribution in [0.15, 0.2) is 59.9 Å². The fourth-order valence-electron chi connectivity index (χ4n) is 2.13. The number of pyridine rings is 1. The quantitative estimate of drug-likeness (QED) is 0.317. The fourth-order valence-corrected chi connectivity index (χ4v) is 2.25. The number of guanidine groups is 1. The minimum Gasteiger partial charge on any atom is -0.494 e. The first kappa shape index (κ1) is 18.1. The first-order valence-corrected chi connectivity index (χ1v) is 8.53. The summed E-state index contributed by atoms with van der Waals surface area (Å²) in [5.41, 5.74) is 8.82. The molecule has 5 nitrogen and oxygen atoms in total. The van der Waals surface area contributed by atoms with Crippen LogP contribution < -0.4 is 20.6 Å². The number of halogens is 1. The predicted octanol–water partition coefficient (Wildman–Crippen LogP) is 3.13. The van der Waals surface area contributed by atoms with Crippen molar-refractivity contribution < 1.29 is 9.41 Å². The van der Waals surface area contributed by atoms with Gasteiger partial charge in [0.25, 0.3) is 0 Å². The number of hydrogen-bond donors (Lipinski definition) is 2. The molecule has 1 aromatic heterocycles. The third-order valence-electron chi connectivity index (χ3n) is 3.38. The number of ether oxygens (including phenoxy) is 1. The van der Waals surface area contributed by atoms with Gasteiger partial charge in [0.1, 0.15) is 5.75 Å². The van der Waals surface area contributed by atoms with Gasteiger partial charge in [-0.2, -0.15) is 0 Å². The van der Waals surface area contributed by atoms with Crippen LogP contribution in [0.2, 0.25) is 5.02 Å². The highest BCUT2D eigenvalue weighted by atomic mass is 35.5. The van der Waals surface area contributed by atoms with Gasteiger partial charge >= 0.3 is 0 Å². The molecule has 0 spiro atoms. The third-order valence-corrected chi connectivity index (χ3v) is 3.63. The molecule has 24 heavy (non-hydrogen) atoms. The second kappa shape index (κ2) is 10.5. The molecule has 6 heteroatoms. The number of nitrogens with two attached hydrogens (primary N) is 1. The number of aromatic nitrogens is 1. The minimum absolute atomic E-state index is 0.428. The lowest BCUT2D eigenvalue weighted by Gasteiger charge is -2.05. The molecule has 128 valence electrons. The molecule has 0 saturated carbocycles. The molecule has 2 rings (SSSR count). The molecule has 0 bridgehead atoms. The fraction of sp³-hybridized carbons (Fsp3) is 0.333. The maximum Gasteiger partial charge on any atom is 0.245 e. The van der Waals surface area contributed by atoms with Crippen LogP contribution in [0, 0.1) is 0 Å². The van der Waals surface area contributed by atoms with Gasteiger partial charge in [0.2, 0.25) is 5.96 Å². The zero-order chi connectivity index (χ0) is 17.0. The van der Waals surface area contributed by atoms with E-state index >= 15 is 0 Å². The molecule has 0 atom stereocenters. The molecule has 3 N–H and O–H groups in total. The standard InChI is InChI=1S/C18H24ClN4O/c19-16-8-10-17(11-9-16)24-15-7-2-1-4-12-21-18(20)22-23-13-5-3-6-14-23/h3,5-6,8-11,13-14H,1-2,4,7,12,15H2,(H3,20,21,22)/q+1. The molecular weight excluding hydrogens is 324 g/mol. The van der Waals surface area contributed by atoms with Crippen LogP contribution in [0.1, 0.15) is 25.7 Å². The lowest BCUT2D eigenvalue weighted by molar-refractivity contribution is -0.640. The number of nitrogens with one attached hydrogen (secondary N) is 1. The molecule has 2 aromatic rings. The van der Waals surface area contributed by atoms with Gasteiger partial charge < -0.3 is 10.5 Å². The van der Waals surface area contributed by atoms with Crippen LogP contribution in [0.4, 0.5) is 0 Å². The van der Waals surface area contributed by atoms with Crippen molar-refractivity contribution in [2.24, 2.45) is 10.7 Å². The first-order chi connectivity index (χ1) is 11.7. The van der Waals surface area contributed by atoms with E-state index in [-0.39, 0.29) is 0 Å². The van der Waals surface area contributed by atoms with E-state index in [9.17, 15) is 0 Å². The molecule has 0 amide bonds. The summed E-state index contributed by atoms with van der Waals surface area (Å²) in [4.78, 5) is 4.31. The Balaban J connectivity index is 1.50. The highest BCUT2D eigenvalue weighted by Gasteiger charge is 1.99. The predicted molar refractivity (Wildman–Crippen MR) is 97.9 cm³/mol. The number of rotatable bonds is 9. The van der Waals surface area contributed by atoms with Gasteiger partial charge in [0, 0.05) is 23.7 Å². The number of hydrogen-bond acceptors (Lipinski definition) is 2. The smallest absolute Gasteiger partial charge is 0.245 e. The highest BCUT2D eigenvalue weighted by Crippen LogP contribution is 2.15. The summed E-state index contributed by atoms with van der Waals surface area (Å²) in [6, 6.07) is 13.2. The van der Waals surface area contributed by atoms with E-state index in [2.05, 4.69) is 10.4 Å². The van der Waals surface area contributed by atoms with Gasteiger partial charge in [0.05, 0.1) is 6.61 Å². The van der Waals surface area contributed by atoms with Crippen LogP contribution in [0.25, 0.3) is 0 Å². The van der Waals surface area contributed by atoms with Crippen molar-refractivity contribution in [3.05, 3.63) is 59.9 Å². The summed E-state index contributed by atoms with van der Waals surface area (Å²) in [5, 5.41) is 0.724. The summed E-state index contributed by atoms with van der Waals surface area (Å²) in [5.74, 6) is 1.29. The maximum absolute atomic E-state index is 5.83. The van der Waals surface area contributed by atoms with E-state index in [0.717, 1.165) is 49.6 Å². The van der Waals surface area contributed by atoms with Crippen molar-refractivity contribution in [1.29, 1.82) is 0 Å². The van der Waals surface area contributed by atoms with Crippen molar-refractivity contribution in [1.82, 2.24) is 0 Å². The number of benzene rings is 1. The lowest BCUT2D eigenvalue weighted by atomic mass is 10.2. The first-order valence-electron chi connectivity index (χ1n) is 8.15. The molecule has 0 aliphatic carbocycles. The van der Waals surface area contributed by atoms with E-state index < -0.39 is 0 Å². The number of unbranched alkanes of at least 4 members (excludes halogenated alkanes) is 3. The Bertz CT molecular complexity index is 617. The molecule has 0 saturated heterocycles. The molecule has 0 fully saturated rings. The summed E-state index contributed by atoms with van der Waals surface area (Å²) in [6.07, 6.45) is 8.03. The van der Waals surface area contributed by atoms with Gasteiger partial charge in [-0.3, -0.25) is 0 Å². The summed E-state index contributed by atoms with van der Waals surface area (Å²) in [7, 11) is 0. The van der Waals surface area contributed by atoms with Gasteiger partial charge in [0.15, 0.2) is 12.4 Å². The van der Waals surface area contributed by atoms with Crippen molar-refractivity contribution in [2.45, 2.75) is 25.7 Å². The van der Waals surface area contributed by atoms with Crippen LogP contribution in [0.3, 0.4) is 0 Å². The van der Waals surface area contributed by atoms with E-state index in [1.165, 1.54) is 0 Å². The SMILES string of the molecule is NC(=NCCCCCCOc1ccc(Cl)cc1)N[n+]1ccccc1. The van der Waals surface area contributed by atoms with Gasteiger partial charge in [-0.25, -0.2) is 4.99 Å². The molecule has 0 unspecified atom stereocenters. The van der Waals surface area contributed by atoms with E-state index in [4.69, 9.17) is 22.1 Å². The van der Waals surface area contributed by atoms with Crippen molar-refractivity contribution in [2.75, 3.05) is 18.6 Å². The van der Waals surface area contributed by atoms with Crippen LogP contribution >= 0.6 is 11.6 Å². The van der Waals surface area contributed by atoms with E-state index in [1.54, 1.807) is 4.68 Å². The number of aliphatic imine (C=N–C) groups is 1. The Morgan fingerprint density at radius 3 is 2.50 bits per heavy atom. The Labute approximate surface area is 148 Å². The van der Waals surface area contributed by atoms with Crippen molar-refractivity contribution in [3.63, 3.8) is 0 Å². The number of nitrogens with zero attached hydrogens (tertiary/aromatic N) is 2. The molecular formula is C18H24ClN4O+. The minimum atomic E-state index is 0.428. The Morgan fingerprint density at radius 1 is 1.04 bits per heavy atom. The van der Waals surface area contributed by atoms with Crippen LogP contribution in [-0.4, -0.2) is 19.1 Å². The second-order valence-electron chi connectivity index (χ2n) is 5.38. The normalized spacial score (nSPS) is 11.3. The van der Waals surface area contributed by atoms with Crippen LogP contribution in [-0.2, 0) is 0 Å². The van der Waals surface area contributed by atoms with Gasteiger partial charge in [-0.15, -0.1) is 5.43 Å². The van der Waals surface area contributed by atoms with E-state index in [1.807, 2.05) is 54.9 Å². The zero-order valence-electron chi connectivity index (χ0n) is 13.7. The lowest BCUT2D eigenvalue weighted by Crippen LogP contribution is -2.50. The van der Waals surface area contributed by atoms with Gasteiger partial charge in [-0.1, -0.05) is 28.8 Å². The largest absolute Gasteiger partial charge is 0.494 e. The summed E-state index contributed by atoms with van der Waals surface area (Å²) < 4.78 is 7.42.